The van der Waals surface area contributed by atoms with Gasteiger partial charge in [0, 0.05) is 52.5 Å². The van der Waals surface area contributed by atoms with Gasteiger partial charge in [-0.25, -0.2) is 0 Å². The van der Waals surface area contributed by atoms with E-state index in [1.807, 2.05) is 11.9 Å². The van der Waals surface area contributed by atoms with E-state index in [0.29, 0.717) is 5.69 Å². The zero-order valence-electron chi connectivity index (χ0n) is 15.1. The molecule has 9 heteroatoms. The molecule has 0 saturated carbocycles. The summed E-state index contributed by atoms with van der Waals surface area (Å²) in [4.78, 5) is 8.41. The Labute approximate surface area is 170 Å². The number of aliphatic imine (C=N–C) groups is 1. The molecular formula is C17H27F3IN5. The van der Waals surface area contributed by atoms with Crippen LogP contribution in [0.25, 0.3) is 0 Å². The van der Waals surface area contributed by atoms with Crippen LogP contribution in [0.4, 0.5) is 18.9 Å². The Hall–Kier alpha value is -1.23. The Morgan fingerprint density at radius 2 is 1.88 bits per heavy atom. The van der Waals surface area contributed by atoms with Crippen LogP contribution in [0, 0.1) is 0 Å². The van der Waals surface area contributed by atoms with Crippen molar-refractivity contribution in [3.05, 3.63) is 29.8 Å². The zero-order valence-corrected chi connectivity index (χ0v) is 17.5. The molecule has 0 amide bonds. The molecule has 0 bridgehead atoms. The molecule has 148 valence electrons. The maximum atomic E-state index is 12.8. The Balaban J connectivity index is 0.00000338. The molecule has 0 radical (unpaired) electrons. The summed E-state index contributed by atoms with van der Waals surface area (Å²) in [5, 5.41) is 6.18. The lowest BCUT2D eigenvalue weighted by molar-refractivity contribution is -0.137. The minimum absolute atomic E-state index is 0. The second-order valence-electron chi connectivity index (χ2n) is 5.98. The maximum Gasteiger partial charge on any atom is 0.416 e. The van der Waals surface area contributed by atoms with Crippen LogP contribution in [-0.2, 0) is 6.18 Å². The predicted octanol–water partition coefficient (Wildman–Crippen LogP) is 2.63. The number of hydrogen-bond donors (Lipinski definition) is 2. The number of nitrogens with zero attached hydrogens (tertiary/aromatic N) is 3. The molecule has 0 atom stereocenters. The number of piperazine rings is 1. The zero-order chi connectivity index (χ0) is 18.3. The highest BCUT2D eigenvalue weighted by Crippen LogP contribution is 2.31. The Bertz CT molecular complexity index is 572. The first kappa shape index (κ1) is 22.8. The first-order valence-electron chi connectivity index (χ1n) is 8.47. The van der Waals surface area contributed by atoms with Gasteiger partial charge in [-0.15, -0.1) is 24.0 Å². The van der Waals surface area contributed by atoms with Gasteiger partial charge in [0.1, 0.15) is 0 Å². The summed E-state index contributed by atoms with van der Waals surface area (Å²) < 4.78 is 38.5. The first-order valence-corrected chi connectivity index (χ1v) is 8.47. The van der Waals surface area contributed by atoms with E-state index >= 15 is 0 Å². The smallest absolute Gasteiger partial charge is 0.369 e. The van der Waals surface area contributed by atoms with Gasteiger partial charge in [0.2, 0.25) is 0 Å². The average Bonchev–Trinajstić information content (AvgIpc) is 2.62. The quantitative estimate of drug-likeness (QED) is 0.292. The fourth-order valence-electron chi connectivity index (χ4n) is 2.90. The third-order valence-electron chi connectivity index (χ3n) is 4.31. The summed E-state index contributed by atoms with van der Waals surface area (Å²) in [7, 11) is 3.55. The number of alkyl halides is 3. The van der Waals surface area contributed by atoms with Gasteiger partial charge in [0.15, 0.2) is 5.96 Å². The number of nitrogens with one attached hydrogen (secondary N) is 2. The van der Waals surface area contributed by atoms with Crippen molar-refractivity contribution in [1.29, 1.82) is 0 Å². The lowest BCUT2D eigenvalue weighted by Gasteiger charge is -2.36. The van der Waals surface area contributed by atoms with Crippen LogP contribution in [0.3, 0.4) is 0 Å². The van der Waals surface area contributed by atoms with Crippen LogP contribution in [0.5, 0.6) is 0 Å². The van der Waals surface area contributed by atoms with Crippen molar-refractivity contribution in [3.8, 4) is 0 Å². The van der Waals surface area contributed by atoms with Crippen LogP contribution < -0.4 is 15.5 Å². The van der Waals surface area contributed by atoms with E-state index in [4.69, 9.17) is 0 Å². The fourth-order valence-corrected chi connectivity index (χ4v) is 2.90. The van der Waals surface area contributed by atoms with Gasteiger partial charge in [-0.3, -0.25) is 9.89 Å². The lowest BCUT2D eigenvalue weighted by atomic mass is 10.1. The number of anilines is 1. The molecule has 1 heterocycles. The third-order valence-corrected chi connectivity index (χ3v) is 4.31. The van der Waals surface area contributed by atoms with Crippen molar-refractivity contribution in [3.63, 3.8) is 0 Å². The van der Waals surface area contributed by atoms with Gasteiger partial charge in [-0.2, -0.15) is 13.2 Å². The van der Waals surface area contributed by atoms with Crippen molar-refractivity contribution in [2.24, 2.45) is 4.99 Å². The molecule has 2 rings (SSSR count). The van der Waals surface area contributed by atoms with Gasteiger partial charge in [-0.1, -0.05) is 6.07 Å². The monoisotopic (exact) mass is 485 g/mol. The van der Waals surface area contributed by atoms with E-state index in [-0.39, 0.29) is 24.0 Å². The van der Waals surface area contributed by atoms with Crippen LogP contribution in [0.1, 0.15) is 12.0 Å². The van der Waals surface area contributed by atoms with Gasteiger partial charge in [0.05, 0.1) is 5.56 Å². The third kappa shape index (κ3) is 6.82. The summed E-state index contributed by atoms with van der Waals surface area (Å²) in [6.07, 6.45) is -3.30. The summed E-state index contributed by atoms with van der Waals surface area (Å²) in [5.74, 6) is 0.773. The molecule has 1 fully saturated rings. The van der Waals surface area contributed by atoms with Gasteiger partial charge >= 0.3 is 6.18 Å². The van der Waals surface area contributed by atoms with Gasteiger partial charge in [0.25, 0.3) is 0 Å². The topological polar surface area (TPSA) is 42.9 Å². The van der Waals surface area contributed by atoms with E-state index in [9.17, 15) is 13.2 Å². The molecule has 0 aliphatic carbocycles. The predicted molar refractivity (Wildman–Crippen MR) is 111 cm³/mol. The minimum atomic E-state index is -4.29. The Kier molecular flexibility index (Phi) is 9.48. The fraction of sp³-hybridized carbons (Fsp3) is 0.588. The second kappa shape index (κ2) is 10.8. The van der Waals surface area contributed by atoms with Gasteiger partial charge in [-0.05, 0) is 31.2 Å². The number of hydrogen-bond acceptors (Lipinski definition) is 3. The SMILES string of the molecule is CN=C(NC)NCCCN1CCN(c2cccc(C(F)(F)F)c2)CC1.I. The average molecular weight is 485 g/mol. The molecule has 26 heavy (non-hydrogen) atoms. The van der Waals surface area contributed by atoms with E-state index in [1.54, 1.807) is 13.1 Å². The number of halogens is 4. The van der Waals surface area contributed by atoms with Crippen molar-refractivity contribution >= 4 is 35.6 Å². The molecule has 1 aliphatic heterocycles. The van der Waals surface area contributed by atoms with Crippen molar-refractivity contribution in [2.45, 2.75) is 12.6 Å². The molecule has 1 aromatic carbocycles. The molecule has 2 N–H and O–H groups in total. The summed E-state index contributed by atoms with van der Waals surface area (Å²) >= 11 is 0. The van der Waals surface area contributed by atoms with Crippen molar-refractivity contribution in [1.82, 2.24) is 15.5 Å². The molecule has 1 saturated heterocycles. The molecule has 0 aromatic heterocycles. The van der Waals surface area contributed by atoms with Crippen LogP contribution in [-0.4, -0.2) is 64.2 Å². The van der Waals surface area contributed by atoms with E-state index < -0.39 is 11.7 Å². The molecule has 1 aromatic rings. The highest BCUT2D eigenvalue weighted by Gasteiger charge is 2.31. The highest BCUT2D eigenvalue weighted by molar-refractivity contribution is 14.0. The second-order valence-corrected chi connectivity index (χ2v) is 5.98. The number of guanidine groups is 1. The summed E-state index contributed by atoms with van der Waals surface area (Å²) in [6.45, 7) is 5.00. The summed E-state index contributed by atoms with van der Waals surface area (Å²) in [6, 6.07) is 5.58. The summed E-state index contributed by atoms with van der Waals surface area (Å²) in [5.41, 5.74) is 0.0605. The highest BCUT2D eigenvalue weighted by atomic mass is 127. The Morgan fingerprint density at radius 1 is 1.19 bits per heavy atom. The molecular weight excluding hydrogens is 458 g/mol. The molecule has 5 nitrogen and oxygen atoms in total. The number of rotatable bonds is 5. The largest absolute Gasteiger partial charge is 0.416 e. The lowest BCUT2D eigenvalue weighted by Crippen LogP contribution is -2.47. The first-order chi connectivity index (χ1) is 11.9. The minimum Gasteiger partial charge on any atom is -0.369 e. The molecule has 0 spiro atoms. The van der Waals surface area contributed by atoms with E-state index in [1.165, 1.54) is 12.1 Å². The van der Waals surface area contributed by atoms with E-state index in [0.717, 1.165) is 57.7 Å². The molecule has 0 unspecified atom stereocenters. The van der Waals surface area contributed by atoms with E-state index in [2.05, 4.69) is 20.5 Å². The standard InChI is InChI=1S/C17H26F3N5.HI/c1-21-16(22-2)23-7-4-8-24-9-11-25(12-10-24)15-6-3-5-14(13-15)17(18,19)20;/h3,5-6,13H,4,7-12H2,1-2H3,(H2,21,22,23);1H. The van der Waals surface area contributed by atoms with Crippen molar-refractivity contribution in [2.75, 3.05) is 58.3 Å². The van der Waals surface area contributed by atoms with Crippen LogP contribution in [0.15, 0.2) is 29.3 Å². The number of benzene rings is 1. The van der Waals surface area contributed by atoms with Crippen LogP contribution >= 0.6 is 24.0 Å². The Morgan fingerprint density at radius 3 is 2.46 bits per heavy atom. The molecule has 1 aliphatic rings. The maximum absolute atomic E-state index is 12.8. The van der Waals surface area contributed by atoms with Gasteiger partial charge < -0.3 is 15.5 Å². The normalized spacial score (nSPS) is 16.2. The van der Waals surface area contributed by atoms with Crippen LogP contribution in [0.2, 0.25) is 0 Å². The van der Waals surface area contributed by atoms with Crippen molar-refractivity contribution < 1.29 is 13.2 Å².